The lowest BCUT2D eigenvalue weighted by Crippen LogP contribution is -2.35. The number of hydrogen-bond acceptors (Lipinski definition) is 2. The molecule has 5 heteroatoms. The number of anilines is 1. The van der Waals surface area contributed by atoms with Gasteiger partial charge in [-0.05, 0) is 61.7 Å². The SMILES string of the molecule is CC(C)CNC(=S)Nc1ccc(C(=O)N2CCCCC2)cc1. The van der Waals surface area contributed by atoms with Gasteiger partial charge in [-0.2, -0.15) is 0 Å². The van der Waals surface area contributed by atoms with Crippen LogP contribution < -0.4 is 10.6 Å². The van der Waals surface area contributed by atoms with Crippen molar-refractivity contribution in [1.82, 2.24) is 10.2 Å². The van der Waals surface area contributed by atoms with Crippen LogP contribution in [0.5, 0.6) is 0 Å². The molecule has 1 heterocycles. The maximum absolute atomic E-state index is 12.4. The third-order valence-corrected chi connectivity index (χ3v) is 3.95. The average Bonchev–Trinajstić information content (AvgIpc) is 2.54. The summed E-state index contributed by atoms with van der Waals surface area (Å²) in [5.41, 5.74) is 1.64. The van der Waals surface area contributed by atoms with E-state index in [0.29, 0.717) is 11.0 Å². The highest BCUT2D eigenvalue weighted by molar-refractivity contribution is 7.80. The highest BCUT2D eigenvalue weighted by Crippen LogP contribution is 2.15. The number of hydrogen-bond donors (Lipinski definition) is 2. The van der Waals surface area contributed by atoms with E-state index in [1.807, 2.05) is 29.2 Å². The summed E-state index contributed by atoms with van der Waals surface area (Å²) in [5.74, 6) is 0.677. The molecule has 0 spiro atoms. The zero-order valence-electron chi connectivity index (χ0n) is 13.4. The van der Waals surface area contributed by atoms with Crippen LogP contribution >= 0.6 is 12.2 Å². The predicted octanol–water partition coefficient (Wildman–Crippen LogP) is 3.26. The largest absolute Gasteiger partial charge is 0.362 e. The third kappa shape index (κ3) is 4.98. The number of nitrogens with one attached hydrogen (secondary N) is 2. The van der Waals surface area contributed by atoms with Crippen molar-refractivity contribution in [3.63, 3.8) is 0 Å². The number of rotatable bonds is 4. The van der Waals surface area contributed by atoms with Crippen LogP contribution in [-0.2, 0) is 0 Å². The molecule has 4 nitrogen and oxygen atoms in total. The summed E-state index contributed by atoms with van der Waals surface area (Å²) in [6.07, 6.45) is 3.45. The highest BCUT2D eigenvalue weighted by atomic mass is 32.1. The lowest BCUT2D eigenvalue weighted by atomic mass is 10.1. The molecule has 0 radical (unpaired) electrons. The quantitative estimate of drug-likeness (QED) is 0.836. The highest BCUT2D eigenvalue weighted by Gasteiger charge is 2.17. The van der Waals surface area contributed by atoms with Gasteiger partial charge in [0.2, 0.25) is 0 Å². The van der Waals surface area contributed by atoms with E-state index in [-0.39, 0.29) is 5.91 Å². The van der Waals surface area contributed by atoms with Crippen LogP contribution in [-0.4, -0.2) is 35.6 Å². The Bertz CT molecular complexity index is 507. The number of carbonyl (C=O) groups excluding carboxylic acids is 1. The minimum Gasteiger partial charge on any atom is -0.362 e. The fourth-order valence-electron chi connectivity index (χ4n) is 2.45. The molecule has 1 aliphatic heterocycles. The number of thiocarbonyl (C=S) groups is 1. The summed E-state index contributed by atoms with van der Waals surface area (Å²) in [5, 5.41) is 6.92. The lowest BCUT2D eigenvalue weighted by molar-refractivity contribution is 0.0724. The maximum Gasteiger partial charge on any atom is 0.253 e. The first kappa shape index (κ1) is 16.7. The van der Waals surface area contributed by atoms with Gasteiger partial charge in [0.15, 0.2) is 5.11 Å². The van der Waals surface area contributed by atoms with E-state index in [1.54, 1.807) is 0 Å². The first-order valence-corrected chi connectivity index (χ1v) is 8.41. The fraction of sp³-hybridized carbons (Fsp3) is 0.529. The summed E-state index contributed by atoms with van der Waals surface area (Å²) in [7, 11) is 0. The molecule has 1 saturated heterocycles. The standard InChI is InChI=1S/C17H25N3OS/c1-13(2)12-18-17(22)19-15-8-6-14(7-9-15)16(21)20-10-4-3-5-11-20/h6-9,13H,3-5,10-12H2,1-2H3,(H2,18,19,22). The van der Waals surface area contributed by atoms with E-state index >= 15 is 0 Å². The molecule has 0 aliphatic carbocycles. The van der Waals surface area contributed by atoms with Gasteiger partial charge in [-0.3, -0.25) is 4.79 Å². The monoisotopic (exact) mass is 319 g/mol. The Hall–Kier alpha value is -1.62. The Morgan fingerprint density at radius 2 is 1.82 bits per heavy atom. The lowest BCUT2D eigenvalue weighted by Gasteiger charge is -2.26. The average molecular weight is 319 g/mol. The molecular formula is C17H25N3OS. The molecule has 0 saturated carbocycles. The molecule has 120 valence electrons. The molecule has 1 aliphatic rings. The molecule has 2 rings (SSSR count). The summed E-state index contributed by atoms with van der Waals surface area (Å²) in [6, 6.07) is 7.54. The van der Waals surface area contributed by atoms with Crippen LogP contribution in [0.2, 0.25) is 0 Å². The van der Waals surface area contributed by atoms with Gasteiger partial charge < -0.3 is 15.5 Å². The molecule has 1 aromatic rings. The van der Waals surface area contributed by atoms with Gasteiger partial charge >= 0.3 is 0 Å². The second kappa shape index (κ2) is 8.13. The molecule has 1 amide bonds. The van der Waals surface area contributed by atoms with Crippen LogP contribution in [0.1, 0.15) is 43.5 Å². The van der Waals surface area contributed by atoms with Gasteiger partial charge in [-0.15, -0.1) is 0 Å². The Morgan fingerprint density at radius 1 is 1.18 bits per heavy atom. The van der Waals surface area contributed by atoms with Crippen molar-refractivity contribution in [2.45, 2.75) is 33.1 Å². The van der Waals surface area contributed by atoms with Gasteiger partial charge in [0.25, 0.3) is 5.91 Å². The van der Waals surface area contributed by atoms with Crippen molar-refractivity contribution < 1.29 is 4.79 Å². The Kier molecular flexibility index (Phi) is 6.19. The van der Waals surface area contributed by atoms with Crippen molar-refractivity contribution in [2.75, 3.05) is 25.0 Å². The molecule has 0 unspecified atom stereocenters. The summed E-state index contributed by atoms with van der Waals surface area (Å²) < 4.78 is 0. The van der Waals surface area contributed by atoms with E-state index in [1.165, 1.54) is 6.42 Å². The predicted molar refractivity (Wildman–Crippen MR) is 95.3 cm³/mol. The van der Waals surface area contributed by atoms with Crippen LogP contribution in [0.4, 0.5) is 5.69 Å². The maximum atomic E-state index is 12.4. The number of carbonyl (C=O) groups is 1. The molecule has 1 fully saturated rings. The van der Waals surface area contributed by atoms with Gasteiger partial charge in [-0.25, -0.2) is 0 Å². The molecule has 0 atom stereocenters. The van der Waals surface area contributed by atoms with Crippen molar-refractivity contribution in [3.05, 3.63) is 29.8 Å². The molecule has 1 aromatic carbocycles. The first-order chi connectivity index (χ1) is 10.6. The fourth-order valence-corrected chi connectivity index (χ4v) is 2.65. The minimum absolute atomic E-state index is 0.131. The van der Waals surface area contributed by atoms with Crippen molar-refractivity contribution in [1.29, 1.82) is 0 Å². The van der Waals surface area contributed by atoms with Crippen molar-refractivity contribution >= 4 is 28.9 Å². The molecule has 2 N–H and O–H groups in total. The van der Waals surface area contributed by atoms with Crippen molar-refractivity contribution in [2.24, 2.45) is 5.92 Å². The summed E-state index contributed by atoms with van der Waals surface area (Å²) in [4.78, 5) is 14.3. The van der Waals surface area contributed by atoms with E-state index in [0.717, 1.165) is 43.7 Å². The summed E-state index contributed by atoms with van der Waals surface area (Å²) >= 11 is 5.24. The normalized spacial score (nSPS) is 14.8. The van der Waals surface area contributed by atoms with Gasteiger partial charge in [0.1, 0.15) is 0 Å². The topological polar surface area (TPSA) is 44.4 Å². The van der Waals surface area contributed by atoms with Gasteiger partial charge in [-0.1, -0.05) is 13.8 Å². The van der Waals surface area contributed by atoms with Gasteiger partial charge in [0, 0.05) is 30.9 Å². The smallest absolute Gasteiger partial charge is 0.253 e. The van der Waals surface area contributed by atoms with Crippen LogP contribution in [0.25, 0.3) is 0 Å². The zero-order valence-corrected chi connectivity index (χ0v) is 14.2. The van der Waals surface area contributed by atoms with E-state index in [2.05, 4.69) is 24.5 Å². The number of benzene rings is 1. The third-order valence-electron chi connectivity index (χ3n) is 3.70. The Morgan fingerprint density at radius 3 is 2.41 bits per heavy atom. The first-order valence-electron chi connectivity index (χ1n) is 8.00. The second-order valence-corrected chi connectivity index (χ2v) is 6.57. The van der Waals surface area contributed by atoms with Crippen LogP contribution in [0.15, 0.2) is 24.3 Å². The van der Waals surface area contributed by atoms with E-state index < -0.39 is 0 Å². The van der Waals surface area contributed by atoms with Crippen LogP contribution in [0, 0.1) is 5.92 Å². The molecular weight excluding hydrogens is 294 g/mol. The zero-order chi connectivity index (χ0) is 15.9. The minimum atomic E-state index is 0.131. The van der Waals surface area contributed by atoms with Crippen LogP contribution in [0.3, 0.4) is 0 Å². The van der Waals surface area contributed by atoms with Gasteiger partial charge in [0.05, 0.1) is 0 Å². The molecule has 0 aromatic heterocycles. The Labute approximate surface area is 138 Å². The molecule has 22 heavy (non-hydrogen) atoms. The number of amides is 1. The second-order valence-electron chi connectivity index (χ2n) is 6.16. The number of nitrogens with zero attached hydrogens (tertiary/aromatic N) is 1. The van der Waals surface area contributed by atoms with E-state index in [9.17, 15) is 4.79 Å². The number of likely N-dealkylation sites (tertiary alicyclic amines) is 1. The van der Waals surface area contributed by atoms with E-state index in [4.69, 9.17) is 12.2 Å². The Balaban J connectivity index is 1.89. The molecule has 0 bridgehead atoms. The number of piperidine rings is 1. The summed E-state index contributed by atoms with van der Waals surface area (Å²) in [6.45, 7) is 6.87. The van der Waals surface area contributed by atoms with Crippen molar-refractivity contribution in [3.8, 4) is 0 Å².